The Morgan fingerprint density at radius 2 is 1.95 bits per heavy atom. The van der Waals surface area contributed by atoms with Crippen LogP contribution in [0.3, 0.4) is 0 Å². The molecule has 112 valence electrons. The van der Waals surface area contributed by atoms with Gasteiger partial charge in [-0.15, -0.1) is 0 Å². The molecule has 1 N–H and O–H groups in total. The largest absolute Gasteiger partial charge is 0.494 e. The van der Waals surface area contributed by atoms with Crippen molar-refractivity contribution in [2.24, 2.45) is 0 Å². The number of H-pyrrole nitrogens is 1. The molecular weight excluding hydrogens is 262 g/mol. The molecule has 1 aliphatic rings. The minimum atomic E-state index is 0.572. The second-order valence-corrected chi connectivity index (χ2v) is 5.75. The number of nitrogens with one attached hydrogen (secondary N) is 1. The summed E-state index contributed by atoms with van der Waals surface area (Å²) < 4.78 is 5.68. The van der Waals surface area contributed by atoms with Gasteiger partial charge in [0.1, 0.15) is 11.6 Å². The number of hydrogen-bond donors (Lipinski definition) is 1. The topological polar surface area (TPSA) is 50.8 Å². The van der Waals surface area contributed by atoms with E-state index in [-0.39, 0.29) is 0 Å². The van der Waals surface area contributed by atoms with E-state index in [4.69, 9.17) is 4.74 Å². The highest BCUT2D eigenvalue weighted by molar-refractivity contribution is 5.55. The fourth-order valence-corrected chi connectivity index (χ4v) is 2.82. The second kappa shape index (κ2) is 6.74. The third-order valence-corrected chi connectivity index (χ3v) is 4.12. The molecule has 0 radical (unpaired) electrons. The van der Waals surface area contributed by atoms with Gasteiger partial charge in [-0.1, -0.05) is 26.2 Å². The number of benzene rings is 1. The summed E-state index contributed by atoms with van der Waals surface area (Å²) in [7, 11) is 0. The number of rotatable bonds is 6. The van der Waals surface area contributed by atoms with Crippen LogP contribution in [0.1, 0.15) is 57.2 Å². The predicted molar refractivity (Wildman–Crippen MR) is 83.4 cm³/mol. The molecule has 4 heteroatoms. The number of nitrogens with zero attached hydrogens (tertiary/aromatic N) is 2. The lowest BCUT2D eigenvalue weighted by atomic mass is 10.1. The Kier molecular flexibility index (Phi) is 4.53. The van der Waals surface area contributed by atoms with Crippen LogP contribution in [-0.2, 0) is 0 Å². The molecule has 2 aromatic rings. The maximum absolute atomic E-state index is 5.68. The molecule has 1 aromatic carbocycles. The van der Waals surface area contributed by atoms with Crippen molar-refractivity contribution in [2.45, 2.75) is 51.4 Å². The van der Waals surface area contributed by atoms with E-state index >= 15 is 0 Å². The molecule has 0 atom stereocenters. The van der Waals surface area contributed by atoms with Crippen molar-refractivity contribution in [3.05, 3.63) is 30.1 Å². The first-order valence-electron chi connectivity index (χ1n) is 8.02. The monoisotopic (exact) mass is 285 g/mol. The molecule has 0 amide bonds. The Morgan fingerprint density at radius 1 is 1.19 bits per heavy atom. The van der Waals surface area contributed by atoms with E-state index in [1.807, 2.05) is 24.3 Å². The average molecular weight is 285 g/mol. The van der Waals surface area contributed by atoms with Crippen molar-refractivity contribution in [2.75, 3.05) is 6.61 Å². The number of aromatic nitrogens is 3. The van der Waals surface area contributed by atoms with Crippen molar-refractivity contribution in [3.63, 3.8) is 0 Å². The van der Waals surface area contributed by atoms with Crippen LogP contribution in [0.2, 0.25) is 0 Å². The highest BCUT2D eigenvalue weighted by atomic mass is 16.5. The summed E-state index contributed by atoms with van der Waals surface area (Å²) in [6.07, 6.45) is 7.33. The maximum atomic E-state index is 5.68. The van der Waals surface area contributed by atoms with Gasteiger partial charge in [0.2, 0.25) is 0 Å². The Hall–Kier alpha value is -1.84. The SMILES string of the molecule is CCCCOc1ccc(-c2n[nH]c(C3CCCC3)n2)cc1. The molecule has 21 heavy (non-hydrogen) atoms. The van der Waals surface area contributed by atoms with E-state index in [0.29, 0.717) is 5.92 Å². The summed E-state index contributed by atoms with van der Waals surface area (Å²) in [4.78, 5) is 4.66. The molecule has 1 heterocycles. The highest BCUT2D eigenvalue weighted by Crippen LogP contribution is 2.32. The maximum Gasteiger partial charge on any atom is 0.181 e. The molecule has 4 nitrogen and oxygen atoms in total. The first kappa shape index (κ1) is 14.1. The van der Waals surface area contributed by atoms with E-state index in [0.717, 1.165) is 42.4 Å². The predicted octanol–water partition coefficient (Wildman–Crippen LogP) is 4.31. The minimum Gasteiger partial charge on any atom is -0.494 e. The molecule has 1 aliphatic carbocycles. The molecule has 1 aromatic heterocycles. The van der Waals surface area contributed by atoms with E-state index in [1.54, 1.807) is 0 Å². The van der Waals surface area contributed by atoms with E-state index in [1.165, 1.54) is 25.7 Å². The quantitative estimate of drug-likeness (QED) is 0.805. The zero-order valence-electron chi connectivity index (χ0n) is 12.6. The van der Waals surface area contributed by atoms with Crippen LogP contribution < -0.4 is 4.74 Å². The third kappa shape index (κ3) is 3.43. The van der Waals surface area contributed by atoms with Crippen molar-refractivity contribution in [3.8, 4) is 17.1 Å². The van der Waals surface area contributed by atoms with Crippen molar-refractivity contribution in [1.82, 2.24) is 15.2 Å². The van der Waals surface area contributed by atoms with Crippen molar-refractivity contribution >= 4 is 0 Å². The summed E-state index contributed by atoms with van der Waals surface area (Å²) in [5.41, 5.74) is 1.04. The van der Waals surface area contributed by atoms with Gasteiger partial charge < -0.3 is 4.74 Å². The first-order valence-corrected chi connectivity index (χ1v) is 8.02. The van der Waals surface area contributed by atoms with Gasteiger partial charge >= 0.3 is 0 Å². The van der Waals surface area contributed by atoms with Gasteiger partial charge in [0, 0.05) is 11.5 Å². The fraction of sp³-hybridized carbons (Fsp3) is 0.529. The van der Waals surface area contributed by atoms with Gasteiger partial charge in [-0.05, 0) is 43.5 Å². The smallest absolute Gasteiger partial charge is 0.181 e. The summed E-state index contributed by atoms with van der Waals surface area (Å²) in [6, 6.07) is 8.05. The molecule has 0 spiro atoms. The number of aromatic amines is 1. The molecule has 0 unspecified atom stereocenters. The van der Waals surface area contributed by atoms with Gasteiger partial charge in [-0.3, -0.25) is 5.10 Å². The minimum absolute atomic E-state index is 0.572. The molecule has 1 saturated carbocycles. The van der Waals surface area contributed by atoms with Gasteiger partial charge in [0.05, 0.1) is 6.61 Å². The van der Waals surface area contributed by atoms with E-state index < -0.39 is 0 Å². The Labute approximate surface area is 125 Å². The van der Waals surface area contributed by atoms with E-state index in [2.05, 4.69) is 22.1 Å². The summed E-state index contributed by atoms with van der Waals surface area (Å²) in [6.45, 7) is 2.94. The summed E-state index contributed by atoms with van der Waals surface area (Å²) in [5, 5.41) is 7.47. The lowest BCUT2D eigenvalue weighted by Gasteiger charge is -2.05. The van der Waals surface area contributed by atoms with Crippen molar-refractivity contribution in [1.29, 1.82) is 0 Å². The molecule has 0 saturated heterocycles. The lowest BCUT2D eigenvalue weighted by molar-refractivity contribution is 0.309. The normalized spacial score (nSPS) is 15.5. The number of ether oxygens (including phenoxy) is 1. The average Bonchev–Trinajstić information content (AvgIpc) is 3.19. The van der Waals surface area contributed by atoms with Crippen LogP contribution in [0.5, 0.6) is 5.75 Å². The van der Waals surface area contributed by atoms with Crippen LogP contribution >= 0.6 is 0 Å². The molecule has 0 bridgehead atoms. The zero-order valence-corrected chi connectivity index (χ0v) is 12.6. The Bertz CT molecular complexity index is 556. The summed E-state index contributed by atoms with van der Waals surface area (Å²) in [5.74, 6) is 3.32. The van der Waals surface area contributed by atoms with Gasteiger partial charge in [0.15, 0.2) is 5.82 Å². The second-order valence-electron chi connectivity index (χ2n) is 5.75. The Balaban J connectivity index is 1.66. The Morgan fingerprint density at radius 3 is 2.67 bits per heavy atom. The highest BCUT2D eigenvalue weighted by Gasteiger charge is 2.20. The van der Waals surface area contributed by atoms with Crippen LogP contribution in [0.4, 0.5) is 0 Å². The number of unbranched alkanes of at least 4 members (excludes halogenated alkanes) is 1. The molecular formula is C17H23N3O. The molecule has 1 fully saturated rings. The van der Waals surface area contributed by atoms with Crippen LogP contribution in [0.15, 0.2) is 24.3 Å². The van der Waals surface area contributed by atoms with Crippen LogP contribution in [0.25, 0.3) is 11.4 Å². The molecule has 0 aliphatic heterocycles. The standard InChI is InChI=1S/C17H23N3O/c1-2-3-12-21-15-10-8-14(9-11-15)17-18-16(19-20-17)13-6-4-5-7-13/h8-11,13H,2-7,12H2,1H3,(H,18,19,20). The van der Waals surface area contributed by atoms with Crippen LogP contribution in [-0.4, -0.2) is 21.8 Å². The third-order valence-electron chi connectivity index (χ3n) is 4.12. The summed E-state index contributed by atoms with van der Waals surface area (Å²) >= 11 is 0. The zero-order chi connectivity index (χ0) is 14.5. The molecule has 3 rings (SSSR count). The van der Waals surface area contributed by atoms with Gasteiger partial charge in [-0.25, -0.2) is 4.98 Å². The first-order chi connectivity index (χ1) is 10.4. The fourth-order valence-electron chi connectivity index (χ4n) is 2.82. The van der Waals surface area contributed by atoms with Crippen LogP contribution in [0, 0.1) is 0 Å². The van der Waals surface area contributed by atoms with Gasteiger partial charge in [0.25, 0.3) is 0 Å². The number of hydrogen-bond acceptors (Lipinski definition) is 3. The van der Waals surface area contributed by atoms with E-state index in [9.17, 15) is 0 Å². The van der Waals surface area contributed by atoms with Gasteiger partial charge in [-0.2, -0.15) is 5.10 Å². The lowest BCUT2D eigenvalue weighted by Crippen LogP contribution is -1.96. The van der Waals surface area contributed by atoms with Crippen molar-refractivity contribution < 1.29 is 4.74 Å².